The second-order valence-electron chi connectivity index (χ2n) is 6.08. The van der Waals surface area contributed by atoms with Crippen molar-refractivity contribution in [3.8, 4) is 5.75 Å². The number of ether oxygens (including phenoxy) is 2. The molecule has 2 aromatic rings. The summed E-state index contributed by atoms with van der Waals surface area (Å²) in [5, 5.41) is 0.961. The lowest BCUT2D eigenvalue weighted by Crippen LogP contribution is -2.26. The molecular formula is C19H22O5. The van der Waals surface area contributed by atoms with Gasteiger partial charge in [0, 0.05) is 17.0 Å². The maximum absolute atomic E-state index is 12.3. The number of rotatable bonds is 4. The van der Waals surface area contributed by atoms with Crippen molar-refractivity contribution in [3.05, 3.63) is 39.7 Å². The number of carbonyl (C=O) groups excluding carboxylic acids is 1. The Bertz CT molecular complexity index is 805. The third-order valence-corrected chi connectivity index (χ3v) is 4.38. The van der Waals surface area contributed by atoms with Crippen molar-refractivity contribution >= 4 is 16.9 Å². The van der Waals surface area contributed by atoms with Crippen molar-refractivity contribution < 1.29 is 18.7 Å². The number of benzene rings is 1. The number of hydrogen-bond donors (Lipinski definition) is 0. The third kappa shape index (κ3) is 3.30. The third-order valence-electron chi connectivity index (χ3n) is 4.38. The van der Waals surface area contributed by atoms with Gasteiger partial charge in [-0.2, -0.15) is 0 Å². The summed E-state index contributed by atoms with van der Waals surface area (Å²) < 4.78 is 16.0. The highest BCUT2D eigenvalue weighted by atomic mass is 16.6. The normalized spacial score (nSPS) is 15.4. The minimum Gasteiger partial charge on any atom is -0.479 e. The van der Waals surface area contributed by atoms with Gasteiger partial charge in [0.1, 0.15) is 11.3 Å². The Balaban J connectivity index is 1.94. The molecule has 0 N–H and O–H groups in total. The molecule has 1 heterocycles. The molecule has 1 aliphatic carbocycles. The Morgan fingerprint density at radius 2 is 1.96 bits per heavy atom. The van der Waals surface area contributed by atoms with E-state index in [2.05, 4.69) is 0 Å². The van der Waals surface area contributed by atoms with Crippen molar-refractivity contribution in [3.63, 3.8) is 0 Å². The van der Waals surface area contributed by atoms with Gasteiger partial charge in [0.25, 0.3) is 0 Å². The summed E-state index contributed by atoms with van der Waals surface area (Å²) in [7, 11) is 0. The van der Waals surface area contributed by atoms with Crippen LogP contribution in [0.4, 0.5) is 0 Å². The average molecular weight is 330 g/mol. The Hall–Kier alpha value is -2.30. The van der Waals surface area contributed by atoms with E-state index in [4.69, 9.17) is 13.9 Å². The van der Waals surface area contributed by atoms with Crippen LogP contribution in [0, 0.1) is 0 Å². The summed E-state index contributed by atoms with van der Waals surface area (Å²) in [5.74, 6) is 0.0701. The maximum Gasteiger partial charge on any atom is 0.347 e. The molecule has 1 unspecified atom stereocenters. The van der Waals surface area contributed by atoms with E-state index in [0.717, 1.165) is 48.6 Å². The fourth-order valence-corrected chi connectivity index (χ4v) is 3.19. The lowest BCUT2D eigenvalue weighted by molar-refractivity contribution is -0.150. The quantitative estimate of drug-likeness (QED) is 0.488. The van der Waals surface area contributed by atoms with Gasteiger partial charge in [0.05, 0.1) is 6.61 Å². The minimum atomic E-state index is -0.713. The molecule has 1 atom stereocenters. The van der Waals surface area contributed by atoms with Crippen LogP contribution in [0.1, 0.15) is 44.2 Å². The van der Waals surface area contributed by atoms with Gasteiger partial charge in [-0.3, -0.25) is 0 Å². The Kier molecular flexibility index (Phi) is 4.88. The zero-order valence-electron chi connectivity index (χ0n) is 14.1. The first kappa shape index (κ1) is 16.6. The fraction of sp³-hybridized carbons (Fsp3) is 0.474. The molecule has 1 aromatic carbocycles. The molecule has 0 bridgehead atoms. The zero-order chi connectivity index (χ0) is 17.1. The number of aryl methyl sites for hydroxylation is 1. The van der Waals surface area contributed by atoms with Crippen LogP contribution in [0.5, 0.6) is 5.75 Å². The monoisotopic (exact) mass is 330 g/mol. The first-order valence-corrected chi connectivity index (χ1v) is 8.52. The largest absolute Gasteiger partial charge is 0.479 e. The highest BCUT2D eigenvalue weighted by Crippen LogP contribution is 2.29. The maximum atomic E-state index is 12.3. The highest BCUT2D eigenvalue weighted by molar-refractivity contribution is 5.83. The molecule has 0 saturated carbocycles. The molecule has 0 fully saturated rings. The van der Waals surface area contributed by atoms with E-state index in [1.54, 1.807) is 19.9 Å². The topological polar surface area (TPSA) is 65.7 Å². The summed E-state index contributed by atoms with van der Waals surface area (Å²) in [6.07, 6.45) is 4.22. The molecule has 0 aliphatic heterocycles. The van der Waals surface area contributed by atoms with Gasteiger partial charge >= 0.3 is 11.6 Å². The molecule has 1 aromatic heterocycles. The first-order chi connectivity index (χ1) is 11.6. The molecule has 128 valence electrons. The van der Waals surface area contributed by atoms with E-state index < -0.39 is 12.1 Å². The van der Waals surface area contributed by atoms with Gasteiger partial charge in [-0.05, 0) is 57.2 Å². The molecule has 0 amide bonds. The van der Waals surface area contributed by atoms with E-state index in [1.807, 2.05) is 12.1 Å². The molecule has 24 heavy (non-hydrogen) atoms. The highest BCUT2D eigenvalue weighted by Gasteiger charge is 2.19. The van der Waals surface area contributed by atoms with Crippen LogP contribution in [0.15, 0.2) is 27.4 Å². The van der Waals surface area contributed by atoms with Gasteiger partial charge in [-0.1, -0.05) is 6.42 Å². The molecule has 3 rings (SSSR count). The van der Waals surface area contributed by atoms with Crippen molar-refractivity contribution in [2.24, 2.45) is 0 Å². The Labute approximate surface area is 140 Å². The lowest BCUT2D eigenvalue weighted by atomic mass is 10.0. The van der Waals surface area contributed by atoms with Gasteiger partial charge in [-0.25, -0.2) is 9.59 Å². The summed E-state index contributed by atoms with van der Waals surface area (Å²) in [6, 6.07) is 5.40. The zero-order valence-corrected chi connectivity index (χ0v) is 14.1. The van der Waals surface area contributed by atoms with Crippen LogP contribution in [0.25, 0.3) is 11.0 Å². The second kappa shape index (κ2) is 7.07. The fourth-order valence-electron chi connectivity index (χ4n) is 3.19. The lowest BCUT2D eigenvalue weighted by Gasteiger charge is -2.14. The smallest absolute Gasteiger partial charge is 0.347 e. The number of carbonyl (C=O) groups is 1. The molecule has 1 aliphatic rings. The van der Waals surface area contributed by atoms with Gasteiger partial charge in [0.15, 0.2) is 6.10 Å². The van der Waals surface area contributed by atoms with Gasteiger partial charge < -0.3 is 13.9 Å². The average Bonchev–Trinajstić information content (AvgIpc) is 2.81. The molecule has 0 spiro atoms. The summed E-state index contributed by atoms with van der Waals surface area (Å²) in [4.78, 5) is 24.0. The molecule has 0 saturated heterocycles. The number of fused-ring (bicyclic) bond motifs is 3. The summed E-state index contributed by atoms with van der Waals surface area (Å²) in [5.41, 5.74) is 2.17. The van der Waals surface area contributed by atoms with Crippen molar-refractivity contribution in [1.29, 1.82) is 0 Å². The SMILES string of the molecule is CCOC(=O)C(C)Oc1ccc2c3c(c(=O)oc2c1)CCCCC3. The van der Waals surface area contributed by atoms with Crippen molar-refractivity contribution in [1.82, 2.24) is 0 Å². The Morgan fingerprint density at radius 1 is 1.21 bits per heavy atom. The van der Waals surface area contributed by atoms with Crippen LogP contribution >= 0.6 is 0 Å². The number of hydrogen-bond acceptors (Lipinski definition) is 5. The minimum absolute atomic E-state index is 0.255. The van der Waals surface area contributed by atoms with E-state index in [9.17, 15) is 9.59 Å². The van der Waals surface area contributed by atoms with Crippen LogP contribution in [-0.2, 0) is 22.4 Å². The first-order valence-electron chi connectivity index (χ1n) is 8.52. The summed E-state index contributed by atoms with van der Waals surface area (Å²) in [6.45, 7) is 3.70. The van der Waals surface area contributed by atoms with Crippen molar-refractivity contribution in [2.75, 3.05) is 6.61 Å². The van der Waals surface area contributed by atoms with E-state index >= 15 is 0 Å². The number of esters is 1. The van der Waals surface area contributed by atoms with Crippen LogP contribution in [0.3, 0.4) is 0 Å². The molecular weight excluding hydrogens is 308 g/mol. The van der Waals surface area contributed by atoms with Gasteiger partial charge in [0.2, 0.25) is 0 Å². The predicted molar refractivity (Wildman–Crippen MR) is 90.5 cm³/mol. The van der Waals surface area contributed by atoms with Crippen LogP contribution < -0.4 is 10.4 Å². The summed E-state index contributed by atoms with van der Waals surface area (Å²) >= 11 is 0. The standard InChI is InChI=1S/C19H22O5/c1-3-22-18(20)12(2)23-13-9-10-15-14-7-5-4-6-8-16(14)19(21)24-17(15)11-13/h9-12H,3-8H2,1-2H3. The Morgan fingerprint density at radius 3 is 2.71 bits per heavy atom. The van der Waals surface area contributed by atoms with Crippen LogP contribution in [-0.4, -0.2) is 18.7 Å². The van der Waals surface area contributed by atoms with E-state index in [1.165, 1.54) is 0 Å². The van der Waals surface area contributed by atoms with Gasteiger partial charge in [-0.15, -0.1) is 0 Å². The molecule has 5 heteroatoms. The van der Waals surface area contributed by atoms with Crippen molar-refractivity contribution in [2.45, 2.75) is 52.1 Å². The molecule has 0 radical (unpaired) electrons. The second-order valence-corrected chi connectivity index (χ2v) is 6.08. The van der Waals surface area contributed by atoms with E-state index in [-0.39, 0.29) is 5.63 Å². The predicted octanol–water partition coefficient (Wildman–Crippen LogP) is 3.39. The van der Waals surface area contributed by atoms with Crippen LogP contribution in [0.2, 0.25) is 0 Å². The molecule has 5 nitrogen and oxygen atoms in total. The van der Waals surface area contributed by atoms with E-state index in [0.29, 0.717) is 17.9 Å².